The minimum absolute atomic E-state index is 0.324. The Bertz CT molecular complexity index is 1130. The number of hydrogen-bond acceptors (Lipinski definition) is 4. The first-order valence-electron chi connectivity index (χ1n) is 9.56. The number of hydrogen-bond donors (Lipinski definition) is 0. The van der Waals surface area contributed by atoms with Gasteiger partial charge in [0.15, 0.2) is 0 Å². The van der Waals surface area contributed by atoms with Gasteiger partial charge in [-0.05, 0) is 25.1 Å². The molecule has 0 fully saturated rings. The highest BCUT2D eigenvalue weighted by Gasteiger charge is 2.26. The van der Waals surface area contributed by atoms with Gasteiger partial charge >= 0.3 is 0 Å². The fourth-order valence-corrected chi connectivity index (χ4v) is 5.73. The zero-order valence-corrected chi connectivity index (χ0v) is 17.1. The fraction of sp³-hybridized carbons (Fsp3) is 0.130. The molecule has 1 aromatic heterocycles. The van der Waals surface area contributed by atoms with Crippen LogP contribution in [0.1, 0.15) is 6.92 Å². The summed E-state index contributed by atoms with van der Waals surface area (Å²) in [6.07, 6.45) is 2.19. The van der Waals surface area contributed by atoms with Gasteiger partial charge in [0.1, 0.15) is 12.7 Å². The molecule has 0 bridgehead atoms. The number of rotatable bonds is 7. The number of allylic oxidation sites excluding steroid dienone is 1. The topological polar surface area (TPSA) is 57.0 Å². The summed E-state index contributed by atoms with van der Waals surface area (Å²) in [5.74, 6) is 0.535. The molecule has 146 valence electrons. The smallest absolute Gasteiger partial charge is 0.212 e. The maximum absolute atomic E-state index is 14.2. The van der Waals surface area contributed by atoms with E-state index >= 15 is 0 Å². The third-order valence-electron chi connectivity index (χ3n) is 4.72. The van der Waals surface area contributed by atoms with Crippen molar-refractivity contribution in [1.82, 2.24) is 15.0 Å². The summed E-state index contributed by atoms with van der Waals surface area (Å²) in [4.78, 5) is 0. The van der Waals surface area contributed by atoms with Gasteiger partial charge < -0.3 is 9.30 Å². The van der Waals surface area contributed by atoms with Gasteiger partial charge in [-0.25, -0.2) is 0 Å². The quantitative estimate of drug-likeness (QED) is 0.341. The maximum atomic E-state index is 14.2. The van der Waals surface area contributed by atoms with E-state index in [0.29, 0.717) is 18.7 Å². The van der Waals surface area contributed by atoms with Crippen molar-refractivity contribution in [3.63, 3.8) is 0 Å². The first kappa shape index (κ1) is 19.2. The predicted molar refractivity (Wildman–Crippen MR) is 118 cm³/mol. The van der Waals surface area contributed by atoms with E-state index in [2.05, 4.69) is 10.3 Å². The monoisotopic (exact) mass is 403 g/mol. The normalized spacial score (nSPS) is 12.2. The van der Waals surface area contributed by atoms with Crippen LogP contribution in [0, 0.1) is 0 Å². The molecule has 0 aliphatic rings. The molecule has 0 unspecified atom stereocenters. The lowest BCUT2D eigenvalue weighted by atomic mass is 10.3. The lowest BCUT2D eigenvalue weighted by Gasteiger charge is -2.18. The zero-order chi connectivity index (χ0) is 20.1. The lowest BCUT2D eigenvalue weighted by Crippen LogP contribution is -2.18. The van der Waals surface area contributed by atoms with E-state index < -0.39 is 7.14 Å². The summed E-state index contributed by atoms with van der Waals surface area (Å²) in [5.41, 5.74) is 1.63. The number of ether oxygens (including phenoxy) is 1. The number of benzene rings is 3. The number of nitrogens with zero attached hydrogens (tertiary/aromatic N) is 3. The second-order valence-corrected chi connectivity index (χ2v) is 9.44. The van der Waals surface area contributed by atoms with Crippen molar-refractivity contribution in [2.24, 2.45) is 0 Å². The van der Waals surface area contributed by atoms with E-state index in [0.717, 1.165) is 21.6 Å². The molecule has 0 atom stereocenters. The van der Waals surface area contributed by atoms with Crippen LogP contribution in [0.3, 0.4) is 0 Å². The molecule has 0 amide bonds. The summed E-state index contributed by atoms with van der Waals surface area (Å²) >= 11 is 0. The molecule has 0 saturated carbocycles. The van der Waals surface area contributed by atoms with Gasteiger partial charge in [0.05, 0.1) is 12.1 Å². The molecule has 0 N–H and O–H groups in total. The predicted octanol–water partition coefficient (Wildman–Crippen LogP) is 4.28. The molecule has 0 aliphatic carbocycles. The highest BCUT2D eigenvalue weighted by atomic mass is 31.2. The minimum Gasteiger partial charge on any atom is -0.478 e. The van der Waals surface area contributed by atoms with Gasteiger partial charge in [-0.1, -0.05) is 78.0 Å². The molecular weight excluding hydrogens is 381 g/mol. The number of para-hydroxylation sites is 1. The molecule has 1 heterocycles. The van der Waals surface area contributed by atoms with Crippen LogP contribution in [-0.2, 0) is 9.30 Å². The molecular formula is C23H22N3O2P. The molecule has 4 rings (SSSR count). The first-order chi connectivity index (χ1) is 14.2. The standard InChI is InChI=1S/C23H22N3O2P/c1-2-28-23(26-22-16-10-9-15-21(22)24-25-26)17-18-29(27,19-11-5-3-6-12-19)20-13-7-4-8-14-20/h3-17H,2,18H2,1H3/b23-17+. The van der Waals surface area contributed by atoms with Crippen LogP contribution in [-0.4, -0.2) is 27.8 Å². The van der Waals surface area contributed by atoms with Crippen molar-refractivity contribution in [2.45, 2.75) is 6.92 Å². The van der Waals surface area contributed by atoms with Crippen molar-refractivity contribution in [1.29, 1.82) is 0 Å². The van der Waals surface area contributed by atoms with Crippen LogP contribution < -0.4 is 10.6 Å². The van der Waals surface area contributed by atoms with Gasteiger partial charge in [-0.2, -0.15) is 4.68 Å². The van der Waals surface area contributed by atoms with E-state index in [-0.39, 0.29) is 0 Å². The van der Waals surface area contributed by atoms with Crippen LogP contribution in [0.4, 0.5) is 0 Å². The third kappa shape index (κ3) is 3.87. The second-order valence-electron chi connectivity index (χ2n) is 6.56. The molecule has 0 saturated heterocycles. The second kappa shape index (κ2) is 8.46. The molecule has 29 heavy (non-hydrogen) atoms. The van der Waals surface area contributed by atoms with Gasteiger partial charge in [0.2, 0.25) is 5.88 Å². The van der Waals surface area contributed by atoms with Gasteiger partial charge in [-0.15, -0.1) is 5.10 Å². The van der Waals surface area contributed by atoms with E-state index in [1.165, 1.54) is 0 Å². The Balaban J connectivity index is 1.78. The Morgan fingerprint density at radius 1 is 0.931 bits per heavy atom. The zero-order valence-electron chi connectivity index (χ0n) is 16.2. The average Bonchev–Trinajstić information content (AvgIpc) is 3.22. The van der Waals surface area contributed by atoms with Crippen LogP contribution in [0.25, 0.3) is 16.9 Å². The van der Waals surface area contributed by atoms with Crippen molar-refractivity contribution >= 4 is 34.7 Å². The Hall–Kier alpha value is -3.17. The lowest BCUT2D eigenvalue weighted by molar-refractivity contribution is 0.272. The third-order valence-corrected chi connectivity index (χ3v) is 7.68. The highest BCUT2D eigenvalue weighted by molar-refractivity contribution is 7.78. The van der Waals surface area contributed by atoms with E-state index in [4.69, 9.17) is 4.74 Å². The van der Waals surface area contributed by atoms with E-state index in [9.17, 15) is 4.57 Å². The van der Waals surface area contributed by atoms with Gasteiger partial charge in [-0.3, -0.25) is 0 Å². The molecule has 0 radical (unpaired) electrons. The van der Waals surface area contributed by atoms with Crippen molar-refractivity contribution in [3.05, 3.63) is 91.0 Å². The number of fused-ring (bicyclic) bond motifs is 1. The summed E-state index contributed by atoms with van der Waals surface area (Å²) in [5, 5.41) is 10.1. The Morgan fingerprint density at radius 3 is 2.14 bits per heavy atom. The first-order valence-corrected chi connectivity index (χ1v) is 11.5. The van der Waals surface area contributed by atoms with E-state index in [1.54, 1.807) is 4.68 Å². The van der Waals surface area contributed by atoms with Crippen LogP contribution >= 0.6 is 7.14 Å². The molecule has 3 aromatic carbocycles. The SMILES string of the molecule is CCO/C(=C/CP(=O)(c1ccccc1)c1ccccc1)n1nnc2ccccc21. The van der Waals surface area contributed by atoms with Crippen LogP contribution in [0.15, 0.2) is 91.0 Å². The Kier molecular flexibility index (Phi) is 5.59. The van der Waals surface area contributed by atoms with Crippen LogP contribution in [0.5, 0.6) is 0 Å². The largest absolute Gasteiger partial charge is 0.478 e. The van der Waals surface area contributed by atoms with Crippen molar-refractivity contribution in [2.75, 3.05) is 12.8 Å². The van der Waals surface area contributed by atoms with Crippen molar-refractivity contribution < 1.29 is 9.30 Å². The van der Waals surface area contributed by atoms with Crippen LogP contribution in [0.2, 0.25) is 0 Å². The Labute approximate surface area is 170 Å². The average molecular weight is 403 g/mol. The summed E-state index contributed by atoms with van der Waals surface area (Å²) in [6, 6.07) is 26.9. The molecule has 6 heteroatoms. The summed E-state index contributed by atoms with van der Waals surface area (Å²) in [6.45, 7) is 2.39. The van der Waals surface area contributed by atoms with Gasteiger partial charge in [0, 0.05) is 16.8 Å². The maximum Gasteiger partial charge on any atom is 0.212 e. The highest BCUT2D eigenvalue weighted by Crippen LogP contribution is 2.43. The molecule has 5 nitrogen and oxygen atoms in total. The summed E-state index contributed by atoms with van der Waals surface area (Å²) < 4.78 is 21.7. The summed E-state index contributed by atoms with van der Waals surface area (Å²) in [7, 11) is -2.88. The van der Waals surface area contributed by atoms with Crippen molar-refractivity contribution in [3.8, 4) is 0 Å². The minimum atomic E-state index is -2.88. The Morgan fingerprint density at radius 2 is 1.52 bits per heavy atom. The van der Waals surface area contributed by atoms with Gasteiger partial charge in [0.25, 0.3) is 0 Å². The van der Waals surface area contributed by atoms with E-state index in [1.807, 2.05) is 97.9 Å². The molecule has 0 aliphatic heterocycles. The number of aromatic nitrogens is 3. The fourth-order valence-electron chi connectivity index (χ4n) is 3.29. The molecule has 4 aromatic rings. The molecule has 0 spiro atoms.